The zero-order valence-corrected chi connectivity index (χ0v) is 11.4. The van der Waals surface area contributed by atoms with Gasteiger partial charge in [-0.3, -0.25) is 4.68 Å². The van der Waals surface area contributed by atoms with Gasteiger partial charge in [-0.15, -0.1) is 0 Å². The average Bonchev–Trinajstić information content (AvgIpc) is 2.47. The molecule has 0 fully saturated rings. The van der Waals surface area contributed by atoms with Gasteiger partial charge in [0.05, 0.1) is 28.1 Å². The van der Waals surface area contributed by atoms with Crippen molar-refractivity contribution in [2.24, 2.45) is 0 Å². The molecule has 0 unspecified atom stereocenters. The molecule has 2 rings (SSSR count). The van der Waals surface area contributed by atoms with Gasteiger partial charge in [0.2, 0.25) is 0 Å². The molecule has 0 atom stereocenters. The molecule has 0 bridgehead atoms. The lowest BCUT2D eigenvalue weighted by atomic mass is 10.3. The summed E-state index contributed by atoms with van der Waals surface area (Å²) in [5.74, 6) is 0. The van der Waals surface area contributed by atoms with E-state index in [0.717, 1.165) is 21.6 Å². The molecule has 0 saturated carbocycles. The number of aromatic nitrogens is 3. The first kappa shape index (κ1) is 11.6. The maximum absolute atomic E-state index is 5.84. The third-order valence-corrected chi connectivity index (χ3v) is 3.74. The highest BCUT2D eigenvalue weighted by atomic mass is 79.9. The number of hydrogen-bond donors (Lipinski definition) is 0. The van der Waals surface area contributed by atoms with Gasteiger partial charge in [0, 0.05) is 0 Å². The molecule has 2 aromatic rings. The van der Waals surface area contributed by atoms with Crippen LogP contribution in [0.5, 0.6) is 0 Å². The van der Waals surface area contributed by atoms with Gasteiger partial charge in [0.25, 0.3) is 0 Å². The number of pyridine rings is 1. The lowest BCUT2D eigenvalue weighted by Gasteiger charge is -2.04. The second-order valence-corrected chi connectivity index (χ2v) is 4.77. The predicted molar refractivity (Wildman–Crippen MR) is 67.8 cm³/mol. The fraction of sp³-hybridized carbons (Fsp3) is 0.273. The monoisotopic (exact) mass is 299 g/mol. The highest BCUT2D eigenvalue weighted by Crippen LogP contribution is 2.20. The fourth-order valence-electron chi connectivity index (χ4n) is 1.52. The van der Waals surface area contributed by atoms with Crippen molar-refractivity contribution in [2.45, 2.75) is 20.4 Å². The summed E-state index contributed by atoms with van der Waals surface area (Å²) in [6.45, 7) is 4.63. The zero-order valence-electron chi connectivity index (χ0n) is 9.04. The van der Waals surface area contributed by atoms with Crippen molar-refractivity contribution >= 4 is 27.5 Å². The number of halogens is 2. The van der Waals surface area contributed by atoms with E-state index in [2.05, 4.69) is 26.0 Å². The van der Waals surface area contributed by atoms with Crippen molar-refractivity contribution in [3.8, 4) is 0 Å². The van der Waals surface area contributed by atoms with E-state index in [0.29, 0.717) is 11.7 Å². The Morgan fingerprint density at radius 1 is 1.38 bits per heavy atom. The van der Waals surface area contributed by atoms with Crippen LogP contribution in [-0.4, -0.2) is 14.8 Å². The first-order valence-corrected chi connectivity index (χ1v) is 6.06. The van der Waals surface area contributed by atoms with Crippen molar-refractivity contribution in [2.75, 3.05) is 0 Å². The van der Waals surface area contributed by atoms with Gasteiger partial charge in [0.1, 0.15) is 5.15 Å². The Morgan fingerprint density at radius 3 is 2.69 bits per heavy atom. The highest BCUT2D eigenvalue weighted by molar-refractivity contribution is 9.10. The Kier molecular flexibility index (Phi) is 3.30. The third-order valence-electron chi connectivity index (χ3n) is 2.38. The Balaban J connectivity index is 2.30. The second-order valence-electron chi connectivity index (χ2n) is 3.59. The number of rotatable bonds is 2. The summed E-state index contributed by atoms with van der Waals surface area (Å²) in [4.78, 5) is 4.24. The van der Waals surface area contributed by atoms with Crippen LogP contribution in [0.2, 0.25) is 5.15 Å². The minimum absolute atomic E-state index is 0.512. The summed E-state index contributed by atoms with van der Waals surface area (Å²) in [7, 11) is 0. The summed E-state index contributed by atoms with van der Waals surface area (Å²) in [5.41, 5.74) is 2.99. The molecule has 0 aliphatic heterocycles. The van der Waals surface area contributed by atoms with E-state index < -0.39 is 0 Å². The molecule has 0 radical (unpaired) electrons. The Bertz CT molecular complexity index is 522. The van der Waals surface area contributed by atoms with E-state index in [1.807, 2.05) is 30.7 Å². The van der Waals surface area contributed by atoms with Crippen LogP contribution in [-0.2, 0) is 6.54 Å². The molecule has 0 amide bonds. The molecule has 5 heteroatoms. The summed E-state index contributed by atoms with van der Waals surface area (Å²) in [5, 5.41) is 4.93. The van der Waals surface area contributed by atoms with Gasteiger partial charge in [-0.05, 0) is 41.9 Å². The minimum atomic E-state index is 0.512. The molecule has 0 spiro atoms. The number of aryl methyl sites for hydroxylation is 1. The zero-order chi connectivity index (χ0) is 11.7. The molecule has 2 aromatic heterocycles. The first-order valence-electron chi connectivity index (χ1n) is 4.89. The predicted octanol–water partition coefficient (Wildman–Crippen LogP) is 3.36. The molecular formula is C11H11BrClN3. The molecule has 0 aliphatic rings. The average molecular weight is 301 g/mol. The molecule has 84 valence electrons. The van der Waals surface area contributed by atoms with E-state index in [9.17, 15) is 0 Å². The maximum atomic E-state index is 5.84. The normalized spacial score (nSPS) is 10.8. The van der Waals surface area contributed by atoms with E-state index in [1.165, 1.54) is 0 Å². The molecular weight excluding hydrogens is 289 g/mol. The first-order chi connectivity index (χ1) is 7.58. The van der Waals surface area contributed by atoms with Crippen LogP contribution < -0.4 is 0 Å². The lowest BCUT2D eigenvalue weighted by Crippen LogP contribution is -2.05. The number of nitrogens with zero attached hydrogens (tertiary/aromatic N) is 3. The standard InChI is InChI=1S/C11H11BrClN3/c1-7-11(12)8(2)16(15-7)6-9-4-3-5-10(13)14-9/h3-5H,6H2,1-2H3. The largest absolute Gasteiger partial charge is 0.262 e. The SMILES string of the molecule is Cc1nn(Cc2cccc(Cl)n2)c(C)c1Br. The Morgan fingerprint density at radius 2 is 2.12 bits per heavy atom. The van der Waals surface area contributed by atoms with Crippen molar-refractivity contribution in [1.29, 1.82) is 0 Å². The molecule has 0 N–H and O–H groups in total. The van der Waals surface area contributed by atoms with E-state index in [4.69, 9.17) is 11.6 Å². The quantitative estimate of drug-likeness (QED) is 0.796. The van der Waals surface area contributed by atoms with Gasteiger partial charge < -0.3 is 0 Å². The molecule has 0 saturated heterocycles. The summed E-state index contributed by atoms with van der Waals surface area (Å²) in [6, 6.07) is 5.60. The third kappa shape index (κ3) is 2.28. The maximum Gasteiger partial charge on any atom is 0.129 e. The van der Waals surface area contributed by atoms with Gasteiger partial charge >= 0.3 is 0 Å². The van der Waals surface area contributed by atoms with E-state index in [-0.39, 0.29) is 0 Å². The minimum Gasteiger partial charge on any atom is -0.262 e. The molecule has 2 heterocycles. The van der Waals surface area contributed by atoms with Crippen LogP contribution in [0.25, 0.3) is 0 Å². The highest BCUT2D eigenvalue weighted by Gasteiger charge is 2.09. The van der Waals surface area contributed by atoms with Gasteiger partial charge in [-0.25, -0.2) is 4.98 Å². The van der Waals surface area contributed by atoms with Gasteiger partial charge in [-0.2, -0.15) is 5.10 Å². The second kappa shape index (κ2) is 4.55. The summed E-state index contributed by atoms with van der Waals surface area (Å²) < 4.78 is 2.97. The Labute approximate surface area is 108 Å². The lowest BCUT2D eigenvalue weighted by molar-refractivity contribution is 0.646. The van der Waals surface area contributed by atoms with Crippen molar-refractivity contribution < 1.29 is 0 Å². The van der Waals surface area contributed by atoms with Gasteiger partial charge in [0.15, 0.2) is 0 Å². The molecule has 0 aliphatic carbocycles. The summed E-state index contributed by atoms with van der Waals surface area (Å²) >= 11 is 9.34. The fourth-order valence-corrected chi connectivity index (χ4v) is 1.99. The number of hydrogen-bond acceptors (Lipinski definition) is 2. The van der Waals surface area contributed by atoms with E-state index in [1.54, 1.807) is 6.07 Å². The van der Waals surface area contributed by atoms with Crippen molar-refractivity contribution in [3.05, 3.63) is 44.9 Å². The van der Waals surface area contributed by atoms with Crippen LogP contribution in [0.4, 0.5) is 0 Å². The molecule has 16 heavy (non-hydrogen) atoms. The van der Waals surface area contributed by atoms with Crippen molar-refractivity contribution in [3.63, 3.8) is 0 Å². The molecule has 0 aromatic carbocycles. The smallest absolute Gasteiger partial charge is 0.129 e. The topological polar surface area (TPSA) is 30.7 Å². The van der Waals surface area contributed by atoms with Crippen LogP contribution >= 0.6 is 27.5 Å². The van der Waals surface area contributed by atoms with Crippen LogP contribution in [0.1, 0.15) is 17.1 Å². The molecule has 3 nitrogen and oxygen atoms in total. The van der Waals surface area contributed by atoms with Crippen LogP contribution in [0.3, 0.4) is 0 Å². The summed E-state index contributed by atoms with van der Waals surface area (Å²) in [6.07, 6.45) is 0. The van der Waals surface area contributed by atoms with Gasteiger partial charge in [-0.1, -0.05) is 17.7 Å². The van der Waals surface area contributed by atoms with Crippen LogP contribution in [0.15, 0.2) is 22.7 Å². The Hall–Kier alpha value is -0.870. The van der Waals surface area contributed by atoms with Crippen LogP contribution in [0, 0.1) is 13.8 Å². The van der Waals surface area contributed by atoms with E-state index >= 15 is 0 Å². The van der Waals surface area contributed by atoms with Crippen molar-refractivity contribution in [1.82, 2.24) is 14.8 Å².